The summed E-state index contributed by atoms with van der Waals surface area (Å²) in [4.78, 5) is 14.8. The minimum atomic E-state index is 0.226. The van der Waals surface area contributed by atoms with Gasteiger partial charge < -0.3 is 15.4 Å². The SMILES string of the molecule is CCCOc1nc(N)nc(N2CCC(C(C)(C)C)CC2)n1. The number of anilines is 2. The fraction of sp³-hybridized carbons (Fsp3) is 0.800. The van der Waals surface area contributed by atoms with Gasteiger partial charge in [-0.2, -0.15) is 15.0 Å². The molecular weight excluding hydrogens is 266 g/mol. The van der Waals surface area contributed by atoms with Gasteiger partial charge in [0.15, 0.2) is 0 Å². The molecule has 0 bridgehead atoms. The van der Waals surface area contributed by atoms with E-state index in [4.69, 9.17) is 10.5 Å². The molecule has 0 amide bonds. The zero-order chi connectivity index (χ0) is 15.5. The van der Waals surface area contributed by atoms with Crippen molar-refractivity contribution < 1.29 is 4.74 Å². The smallest absolute Gasteiger partial charge is 0.323 e. The maximum Gasteiger partial charge on any atom is 0.323 e. The second-order valence-corrected chi connectivity index (χ2v) is 6.75. The first-order valence-electron chi connectivity index (χ1n) is 7.79. The lowest BCUT2D eigenvalue weighted by molar-refractivity contribution is 0.198. The van der Waals surface area contributed by atoms with Crippen molar-refractivity contribution in [2.75, 3.05) is 30.3 Å². The quantitative estimate of drug-likeness (QED) is 0.919. The molecule has 1 aromatic heterocycles. The molecule has 0 radical (unpaired) electrons. The Labute approximate surface area is 127 Å². The standard InChI is InChI=1S/C15H27N5O/c1-5-10-21-14-18-12(16)17-13(19-14)20-8-6-11(7-9-20)15(2,3)4/h11H,5-10H2,1-4H3,(H2,16,17,18,19). The van der Waals surface area contributed by atoms with Gasteiger partial charge in [0.2, 0.25) is 11.9 Å². The van der Waals surface area contributed by atoms with Crippen LogP contribution in [0.15, 0.2) is 0 Å². The summed E-state index contributed by atoms with van der Waals surface area (Å²) in [5.41, 5.74) is 6.13. The van der Waals surface area contributed by atoms with Gasteiger partial charge in [0.25, 0.3) is 0 Å². The largest absolute Gasteiger partial charge is 0.463 e. The van der Waals surface area contributed by atoms with Gasteiger partial charge >= 0.3 is 6.01 Å². The summed E-state index contributed by atoms with van der Waals surface area (Å²) in [6.45, 7) is 11.5. The monoisotopic (exact) mass is 293 g/mol. The van der Waals surface area contributed by atoms with Crippen molar-refractivity contribution in [3.8, 4) is 6.01 Å². The lowest BCUT2D eigenvalue weighted by atomic mass is 9.75. The van der Waals surface area contributed by atoms with Crippen LogP contribution < -0.4 is 15.4 Å². The van der Waals surface area contributed by atoms with Crippen LogP contribution in [0.4, 0.5) is 11.9 Å². The van der Waals surface area contributed by atoms with Crippen molar-refractivity contribution in [2.45, 2.75) is 47.0 Å². The van der Waals surface area contributed by atoms with E-state index < -0.39 is 0 Å². The molecule has 0 aromatic carbocycles. The third-order valence-corrected chi connectivity index (χ3v) is 4.06. The predicted molar refractivity (Wildman–Crippen MR) is 84.4 cm³/mol. The van der Waals surface area contributed by atoms with Crippen molar-refractivity contribution >= 4 is 11.9 Å². The van der Waals surface area contributed by atoms with Crippen molar-refractivity contribution in [1.29, 1.82) is 0 Å². The highest BCUT2D eigenvalue weighted by Crippen LogP contribution is 2.35. The van der Waals surface area contributed by atoms with Crippen LogP contribution >= 0.6 is 0 Å². The van der Waals surface area contributed by atoms with Crippen LogP contribution in [0.3, 0.4) is 0 Å². The van der Waals surface area contributed by atoms with E-state index in [9.17, 15) is 0 Å². The molecule has 118 valence electrons. The minimum absolute atomic E-state index is 0.226. The molecule has 0 spiro atoms. The number of rotatable bonds is 4. The van der Waals surface area contributed by atoms with Gasteiger partial charge in [-0.05, 0) is 30.6 Å². The predicted octanol–water partition coefficient (Wildman–Crippen LogP) is 2.51. The Hall–Kier alpha value is -1.59. The van der Waals surface area contributed by atoms with E-state index in [-0.39, 0.29) is 5.95 Å². The Morgan fingerprint density at radius 3 is 2.43 bits per heavy atom. The van der Waals surface area contributed by atoms with Gasteiger partial charge in [0.1, 0.15) is 0 Å². The summed E-state index contributed by atoms with van der Waals surface area (Å²) >= 11 is 0. The second-order valence-electron chi connectivity index (χ2n) is 6.75. The van der Waals surface area contributed by atoms with Crippen molar-refractivity contribution in [2.24, 2.45) is 11.3 Å². The Morgan fingerprint density at radius 1 is 1.19 bits per heavy atom. The van der Waals surface area contributed by atoms with Crippen molar-refractivity contribution in [3.05, 3.63) is 0 Å². The number of nitrogens with two attached hydrogens (primary N) is 1. The van der Waals surface area contributed by atoms with Gasteiger partial charge in [0.05, 0.1) is 6.61 Å². The average molecular weight is 293 g/mol. The topological polar surface area (TPSA) is 77.2 Å². The first-order chi connectivity index (χ1) is 9.90. The molecule has 2 rings (SSSR count). The number of nitrogen functional groups attached to an aromatic ring is 1. The first-order valence-corrected chi connectivity index (χ1v) is 7.79. The van der Waals surface area contributed by atoms with Gasteiger partial charge in [0, 0.05) is 13.1 Å². The van der Waals surface area contributed by atoms with Crippen LogP contribution in [-0.4, -0.2) is 34.6 Å². The molecule has 6 heteroatoms. The highest BCUT2D eigenvalue weighted by Gasteiger charge is 2.29. The molecule has 1 saturated heterocycles. The van der Waals surface area contributed by atoms with E-state index in [1.807, 2.05) is 6.92 Å². The second kappa shape index (κ2) is 6.45. The number of nitrogens with zero attached hydrogens (tertiary/aromatic N) is 4. The molecular formula is C15H27N5O. The maximum absolute atomic E-state index is 5.77. The highest BCUT2D eigenvalue weighted by atomic mass is 16.5. The summed E-state index contributed by atoms with van der Waals surface area (Å²) in [6.07, 6.45) is 3.22. The van der Waals surface area contributed by atoms with Crippen molar-refractivity contribution in [3.63, 3.8) is 0 Å². The maximum atomic E-state index is 5.77. The van der Waals surface area contributed by atoms with Crippen LogP contribution in [0.1, 0.15) is 47.0 Å². The summed E-state index contributed by atoms with van der Waals surface area (Å²) in [6, 6.07) is 0.331. The van der Waals surface area contributed by atoms with Crippen LogP contribution in [0, 0.1) is 11.3 Å². The Kier molecular flexibility index (Phi) is 4.85. The molecule has 0 unspecified atom stereocenters. The lowest BCUT2D eigenvalue weighted by Gasteiger charge is -2.38. The molecule has 2 N–H and O–H groups in total. The summed E-state index contributed by atoms with van der Waals surface area (Å²) in [5.74, 6) is 1.61. The molecule has 2 heterocycles. The molecule has 1 aliphatic rings. The molecule has 1 aromatic rings. The molecule has 1 fully saturated rings. The lowest BCUT2D eigenvalue weighted by Crippen LogP contribution is -2.39. The van der Waals surface area contributed by atoms with Crippen LogP contribution in [0.25, 0.3) is 0 Å². The van der Waals surface area contributed by atoms with Gasteiger partial charge in [-0.1, -0.05) is 27.7 Å². The van der Waals surface area contributed by atoms with Crippen LogP contribution in [0.5, 0.6) is 6.01 Å². The first kappa shape index (κ1) is 15.8. The van der Waals surface area contributed by atoms with Crippen LogP contribution in [-0.2, 0) is 0 Å². The van der Waals surface area contributed by atoms with E-state index in [1.54, 1.807) is 0 Å². The number of piperidine rings is 1. The number of hydrogen-bond donors (Lipinski definition) is 1. The Balaban J connectivity index is 2.04. The third kappa shape index (κ3) is 4.19. The summed E-state index contributed by atoms with van der Waals surface area (Å²) in [5, 5.41) is 0. The number of hydrogen-bond acceptors (Lipinski definition) is 6. The zero-order valence-electron chi connectivity index (χ0n) is 13.6. The Bertz CT molecular complexity index is 464. The van der Waals surface area contributed by atoms with E-state index in [0.717, 1.165) is 38.3 Å². The van der Waals surface area contributed by atoms with E-state index in [0.29, 0.717) is 24.0 Å². The Morgan fingerprint density at radius 2 is 1.86 bits per heavy atom. The van der Waals surface area contributed by atoms with E-state index >= 15 is 0 Å². The zero-order valence-corrected chi connectivity index (χ0v) is 13.6. The highest BCUT2D eigenvalue weighted by molar-refractivity contribution is 5.36. The molecule has 0 atom stereocenters. The normalized spacial score (nSPS) is 17.0. The molecule has 6 nitrogen and oxygen atoms in total. The molecule has 0 aliphatic carbocycles. The molecule has 0 saturated carbocycles. The summed E-state index contributed by atoms with van der Waals surface area (Å²) < 4.78 is 5.47. The van der Waals surface area contributed by atoms with Gasteiger partial charge in [-0.15, -0.1) is 0 Å². The van der Waals surface area contributed by atoms with Crippen molar-refractivity contribution in [1.82, 2.24) is 15.0 Å². The molecule has 21 heavy (non-hydrogen) atoms. The third-order valence-electron chi connectivity index (χ3n) is 4.06. The molecule has 1 aliphatic heterocycles. The number of aromatic nitrogens is 3. The fourth-order valence-corrected chi connectivity index (χ4v) is 2.71. The minimum Gasteiger partial charge on any atom is -0.463 e. The number of ether oxygens (including phenoxy) is 1. The van der Waals surface area contributed by atoms with Gasteiger partial charge in [-0.3, -0.25) is 0 Å². The van der Waals surface area contributed by atoms with E-state index in [1.165, 1.54) is 0 Å². The average Bonchev–Trinajstić information content (AvgIpc) is 2.44. The van der Waals surface area contributed by atoms with E-state index in [2.05, 4.69) is 40.6 Å². The van der Waals surface area contributed by atoms with Crippen LogP contribution in [0.2, 0.25) is 0 Å². The summed E-state index contributed by atoms with van der Waals surface area (Å²) in [7, 11) is 0. The van der Waals surface area contributed by atoms with Gasteiger partial charge in [-0.25, -0.2) is 0 Å². The fourth-order valence-electron chi connectivity index (χ4n) is 2.71.